The number of carbonyl (C=O) groups is 1. The maximum atomic E-state index is 13.0. The van der Waals surface area contributed by atoms with Gasteiger partial charge in [0.2, 0.25) is 0 Å². The van der Waals surface area contributed by atoms with E-state index in [1.54, 1.807) is 6.92 Å². The van der Waals surface area contributed by atoms with Gasteiger partial charge >= 0.3 is 5.97 Å². The second-order valence-electron chi connectivity index (χ2n) is 19.7. The highest BCUT2D eigenvalue weighted by atomic mass is 16.8. The average Bonchev–Trinajstić information content (AvgIpc) is 3.49. The van der Waals surface area contributed by atoms with Crippen molar-refractivity contribution >= 4 is 5.97 Å². The minimum atomic E-state index is -1.58. The third-order valence-electron chi connectivity index (χ3n) is 17.3. The molecule has 2 heterocycles. The van der Waals surface area contributed by atoms with Crippen LogP contribution in [0.4, 0.5) is 0 Å². The van der Waals surface area contributed by atoms with E-state index in [4.69, 9.17) is 18.9 Å². The first-order valence-corrected chi connectivity index (χ1v) is 20.1. The lowest BCUT2D eigenvalue weighted by Gasteiger charge is -2.73. The SMILES string of the molecule is C=C(C)[C@@H]1CC[C@]2(C(=O)O)CC[C@]3(C)[C@H](CC[C@@H]4[C@@]5(C)CC[C@H](O[C@@H]6OC[C@H](O)[C@H](O)[C@H]6O[C@@H]6O[C@@H](C)[C@H](O)[C@@H](O)[C@H]6O)C(C)(C)[C@@H]5CC[C@]43C)[C@@H]12. The van der Waals surface area contributed by atoms with Crippen molar-refractivity contribution in [2.45, 2.75) is 174 Å². The molecule has 0 amide bonds. The summed E-state index contributed by atoms with van der Waals surface area (Å²) in [6.07, 6.45) is -2.39. The van der Waals surface area contributed by atoms with Crippen LogP contribution in [0, 0.1) is 56.7 Å². The summed E-state index contributed by atoms with van der Waals surface area (Å²) in [5.41, 5.74) is 0.375. The molecule has 5 saturated carbocycles. The van der Waals surface area contributed by atoms with E-state index in [-0.39, 0.29) is 46.2 Å². The second-order valence-corrected chi connectivity index (χ2v) is 19.7. The molecule has 0 aromatic carbocycles. The highest BCUT2D eigenvalue weighted by Crippen LogP contribution is 2.77. The number of carboxylic acid groups (broad SMARTS) is 1. The van der Waals surface area contributed by atoms with Crippen molar-refractivity contribution in [1.82, 2.24) is 0 Å². The molecule has 5 aliphatic carbocycles. The van der Waals surface area contributed by atoms with Crippen molar-refractivity contribution in [3.63, 3.8) is 0 Å². The molecule has 7 fully saturated rings. The summed E-state index contributed by atoms with van der Waals surface area (Å²) in [5, 5.41) is 63.6. The number of aliphatic hydroxyl groups is 5. The highest BCUT2D eigenvalue weighted by Gasteiger charge is 2.72. The lowest BCUT2D eigenvalue weighted by molar-refractivity contribution is -0.365. The monoisotopic (exact) mass is 734 g/mol. The van der Waals surface area contributed by atoms with Gasteiger partial charge in [-0.3, -0.25) is 4.79 Å². The molecule has 0 spiro atoms. The van der Waals surface area contributed by atoms with Gasteiger partial charge in [0.1, 0.15) is 36.6 Å². The van der Waals surface area contributed by atoms with Gasteiger partial charge in [0.05, 0.1) is 24.2 Å². The Morgan fingerprint density at radius 1 is 0.750 bits per heavy atom. The number of hydrogen-bond acceptors (Lipinski definition) is 10. The standard InChI is InChI=1S/C41H66O11/c1-20(2)22-11-16-41(36(47)48)18-17-39(7)23(28(22)41)9-10-26-38(6)14-13-27(37(4,5)25(38)12-15-40(26,39)8)51-35-33(30(44)24(42)19-49-35)52-34-32(46)31(45)29(43)21(3)50-34/h21-35,42-46H,1,9-19H2,2-8H3,(H,47,48)/t21-,22-,23+,24-,25-,26+,27-,28+,29-,30-,31+,32+,33+,34-,35-,38-,39+,40+,41-/m0/s1. The van der Waals surface area contributed by atoms with E-state index in [1.165, 1.54) is 0 Å². The van der Waals surface area contributed by atoms with Crippen LogP contribution < -0.4 is 0 Å². The van der Waals surface area contributed by atoms with Gasteiger partial charge in [0.25, 0.3) is 0 Å². The summed E-state index contributed by atoms with van der Waals surface area (Å²) >= 11 is 0. The molecule has 6 N–H and O–H groups in total. The number of allylic oxidation sites excluding steroid dienone is 1. The molecule has 296 valence electrons. The van der Waals surface area contributed by atoms with Gasteiger partial charge in [0.15, 0.2) is 12.6 Å². The Hall–Kier alpha value is -1.15. The minimum absolute atomic E-state index is 0.0351. The Labute approximate surface area is 309 Å². The Bertz CT molecular complexity index is 1390. The Kier molecular flexibility index (Phi) is 9.94. The molecular weight excluding hydrogens is 668 g/mol. The van der Waals surface area contributed by atoms with Crippen LogP contribution in [0.2, 0.25) is 0 Å². The van der Waals surface area contributed by atoms with Crippen molar-refractivity contribution in [2.24, 2.45) is 56.7 Å². The van der Waals surface area contributed by atoms with Crippen molar-refractivity contribution in [2.75, 3.05) is 6.61 Å². The fourth-order valence-electron chi connectivity index (χ4n) is 14.2. The number of aliphatic hydroxyl groups excluding tert-OH is 5. The van der Waals surface area contributed by atoms with E-state index in [0.717, 1.165) is 69.8 Å². The van der Waals surface area contributed by atoms with E-state index in [1.807, 2.05) is 0 Å². The summed E-state index contributed by atoms with van der Waals surface area (Å²) in [6, 6.07) is 0. The fourth-order valence-corrected chi connectivity index (χ4v) is 14.2. The minimum Gasteiger partial charge on any atom is -0.481 e. The Morgan fingerprint density at radius 2 is 1.46 bits per heavy atom. The molecule has 0 aromatic heterocycles. The lowest BCUT2D eigenvalue weighted by Crippen LogP contribution is -2.67. The van der Waals surface area contributed by atoms with E-state index in [0.29, 0.717) is 17.8 Å². The third kappa shape index (κ3) is 5.48. The number of carboxylic acids is 1. The first kappa shape index (κ1) is 39.1. The van der Waals surface area contributed by atoms with Crippen molar-refractivity contribution in [1.29, 1.82) is 0 Å². The van der Waals surface area contributed by atoms with Crippen LogP contribution in [0.1, 0.15) is 113 Å². The van der Waals surface area contributed by atoms with Crippen molar-refractivity contribution < 1.29 is 54.4 Å². The molecule has 7 aliphatic rings. The number of aliphatic carboxylic acids is 1. The molecular formula is C41H66O11. The quantitative estimate of drug-likeness (QED) is 0.169. The average molecular weight is 735 g/mol. The van der Waals surface area contributed by atoms with Crippen LogP contribution in [-0.2, 0) is 23.7 Å². The first-order valence-electron chi connectivity index (χ1n) is 20.1. The summed E-state index contributed by atoms with van der Waals surface area (Å²) in [4.78, 5) is 13.0. The van der Waals surface area contributed by atoms with Gasteiger partial charge < -0.3 is 49.6 Å². The van der Waals surface area contributed by atoms with Crippen LogP contribution in [-0.4, -0.2) is 105 Å². The lowest BCUT2D eigenvalue weighted by atomic mass is 9.32. The maximum absolute atomic E-state index is 13.0. The van der Waals surface area contributed by atoms with Gasteiger partial charge in [-0.1, -0.05) is 46.8 Å². The van der Waals surface area contributed by atoms with Crippen molar-refractivity contribution in [3.05, 3.63) is 12.2 Å². The van der Waals surface area contributed by atoms with Crippen molar-refractivity contribution in [3.8, 4) is 0 Å². The van der Waals surface area contributed by atoms with Gasteiger partial charge in [-0.2, -0.15) is 0 Å². The second kappa shape index (κ2) is 13.2. The zero-order valence-electron chi connectivity index (χ0n) is 32.4. The van der Waals surface area contributed by atoms with Crippen LogP contribution >= 0.6 is 0 Å². The molecule has 2 saturated heterocycles. The van der Waals surface area contributed by atoms with E-state index >= 15 is 0 Å². The Balaban J connectivity index is 1.12. The predicted molar refractivity (Wildman–Crippen MR) is 190 cm³/mol. The van der Waals surface area contributed by atoms with Crippen LogP contribution in [0.5, 0.6) is 0 Å². The topological polar surface area (TPSA) is 175 Å². The molecule has 19 atom stereocenters. The van der Waals surface area contributed by atoms with Gasteiger partial charge in [-0.15, -0.1) is 0 Å². The smallest absolute Gasteiger partial charge is 0.309 e. The molecule has 7 rings (SSSR count). The molecule has 11 nitrogen and oxygen atoms in total. The van der Waals surface area contributed by atoms with Crippen LogP contribution in [0.25, 0.3) is 0 Å². The summed E-state index contributed by atoms with van der Waals surface area (Å²) < 4.78 is 24.5. The number of fused-ring (bicyclic) bond motifs is 7. The molecule has 2 aliphatic heterocycles. The van der Waals surface area contributed by atoms with Crippen LogP contribution in [0.15, 0.2) is 12.2 Å². The van der Waals surface area contributed by atoms with Crippen LogP contribution in [0.3, 0.4) is 0 Å². The zero-order valence-corrected chi connectivity index (χ0v) is 32.4. The summed E-state index contributed by atoms with van der Waals surface area (Å²) in [5.74, 6) is 0.985. The largest absolute Gasteiger partial charge is 0.481 e. The molecule has 0 bridgehead atoms. The normalized spacial score (nSPS) is 55.7. The molecule has 11 heteroatoms. The number of hydrogen-bond donors (Lipinski definition) is 6. The maximum Gasteiger partial charge on any atom is 0.309 e. The predicted octanol–water partition coefficient (Wildman–Crippen LogP) is 4.40. The summed E-state index contributed by atoms with van der Waals surface area (Å²) in [7, 11) is 0. The van der Waals surface area contributed by atoms with E-state index < -0.39 is 66.7 Å². The number of rotatable bonds is 6. The third-order valence-corrected chi connectivity index (χ3v) is 17.3. The molecule has 52 heavy (non-hydrogen) atoms. The molecule has 0 aromatic rings. The van der Waals surface area contributed by atoms with Gasteiger partial charge in [-0.05, 0) is 129 Å². The van der Waals surface area contributed by atoms with E-state index in [2.05, 4.69) is 48.1 Å². The van der Waals surface area contributed by atoms with Gasteiger partial charge in [0, 0.05) is 0 Å². The first-order chi connectivity index (χ1) is 24.2. The Morgan fingerprint density at radius 3 is 2.13 bits per heavy atom. The fraction of sp³-hybridized carbons (Fsp3) is 0.927. The highest BCUT2D eigenvalue weighted by molar-refractivity contribution is 5.76. The van der Waals surface area contributed by atoms with E-state index in [9.17, 15) is 35.4 Å². The summed E-state index contributed by atoms with van der Waals surface area (Å²) in [6.45, 7) is 20.0. The zero-order chi connectivity index (χ0) is 37.9. The molecule has 0 unspecified atom stereocenters. The molecule has 0 radical (unpaired) electrons. The number of ether oxygens (including phenoxy) is 4. The van der Waals surface area contributed by atoms with Gasteiger partial charge in [-0.25, -0.2) is 0 Å².